The van der Waals surface area contributed by atoms with Crippen molar-refractivity contribution in [1.82, 2.24) is 20.1 Å². The number of nitrogens with zero attached hydrogens (tertiary/aromatic N) is 3. The highest BCUT2D eigenvalue weighted by Crippen LogP contribution is 2.29. The van der Waals surface area contributed by atoms with Crippen molar-refractivity contribution in [1.29, 1.82) is 0 Å². The van der Waals surface area contributed by atoms with Crippen LogP contribution in [0.15, 0.2) is 22.3 Å². The maximum atomic E-state index is 12.8. The first-order valence-electron chi connectivity index (χ1n) is 8.70. The highest BCUT2D eigenvalue weighted by atomic mass is 32.1. The second kappa shape index (κ2) is 7.74. The van der Waals surface area contributed by atoms with Crippen molar-refractivity contribution in [2.45, 2.75) is 40.2 Å². The fourth-order valence-corrected chi connectivity index (χ4v) is 4.83. The van der Waals surface area contributed by atoms with Crippen LogP contribution in [0, 0.1) is 20.8 Å². The largest absolute Gasteiger partial charge is 0.344 e. The molecule has 0 bridgehead atoms. The van der Waals surface area contributed by atoms with E-state index >= 15 is 0 Å². The average Bonchev–Trinajstić information content (AvgIpc) is 3.28. The summed E-state index contributed by atoms with van der Waals surface area (Å²) in [5, 5.41) is 9.86. The molecule has 0 spiro atoms. The van der Waals surface area contributed by atoms with Crippen molar-refractivity contribution in [2.75, 3.05) is 0 Å². The van der Waals surface area contributed by atoms with Crippen LogP contribution in [0.5, 0.6) is 0 Å². The Morgan fingerprint density at radius 3 is 2.67 bits per heavy atom. The van der Waals surface area contributed by atoms with Crippen molar-refractivity contribution in [2.24, 2.45) is 7.05 Å². The van der Waals surface area contributed by atoms with E-state index in [1.54, 1.807) is 25.3 Å². The number of aromatic nitrogens is 3. The quantitative estimate of drug-likeness (QED) is 0.705. The van der Waals surface area contributed by atoms with Gasteiger partial charge in [0.1, 0.15) is 9.88 Å². The number of nitrogens with one attached hydrogen (secondary N) is 1. The SMILES string of the molecule is CCC(NC(=O)c1sc(-c2c(C)c(C)nn(C)c2=O)nc1C)c1cccs1. The van der Waals surface area contributed by atoms with Gasteiger partial charge in [-0.15, -0.1) is 22.7 Å². The maximum absolute atomic E-state index is 12.8. The first-order valence-corrected chi connectivity index (χ1v) is 10.4. The number of rotatable bonds is 5. The van der Waals surface area contributed by atoms with Gasteiger partial charge in [-0.05, 0) is 44.2 Å². The van der Waals surface area contributed by atoms with Crippen LogP contribution in [0.3, 0.4) is 0 Å². The Morgan fingerprint density at radius 1 is 1.30 bits per heavy atom. The number of hydrogen-bond acceptors (Lipinski definition) is 6. The normalized spacial score (nSPS) is 12.2. The predicted molar refractivity (Wildman–Crippen MR) is 110 cm³/mol. The maximum Gasteiger partial charge on any atom is 0.277 e. The Labute approximate surface area is 165 Å². The van der Waals surface area contributed by atoms with E-state index in [2.05, 4.69) is 15.4 Å². The molecule has 1 atom stereocenters. The molecule has 3 aromatic rings. The van der Waals surface area contributed by atoms with Gasteiger partial charge in [-0.3, -0.25) is 9.59 Å². The molecule has 27 heavy (non-hydrogen) atoms. The molecular formula is C19H22N4O2S2. The monoisotopic (exact) mass is 402 g/mol. The van der Waals surface area contributed by atoms with Crippen molar-refractivity contribution < 1.29 is 4.79 Å². The molecular weight excluding hydrogens is 380 g/mol. The lowest BCUT2D eigenvalue weighted by molar-refractivity contribution is 0.0939. The molecule has 0 fully saturated rings. The standard InChI is InChI=1S/C19H22N4O2S2/c1-6-13(14-8-7-9-26-14)21-17(24)16-12(4)20-18(27-16)15-10(2)11(3)22-23(5)19(15)25/h7-9,13H,6H2,1-5H3,(H,21,24). The fourth-order valence-electron chi connectivity index (χ4n) is 2.90. The van der Waals surface area contributed by atoms with E-state index in [1.807, 2.05) is 38.3 Å². The Bertz CT molecular complexity index is 1030. The van der Waals surface area contributed by atoms with Crippen LogP contribution in [0.1, 0.15) is 50.9 Å². The van der Waals surface area contributed by atoms with Gasteiger partial charge >= 0.3 is 0 Å². The number of thiazole rings is 1. The molecule has 0 aliphatic rings. The lowest BCUT2D eigenvalue weighted by Gasteiger charge is -2.14. The summed E-state index contributed by atoms with van der Waals surface area (Å²) in [4.78, 5) is 31.6. The van der Waals surface area contributed by atoms with E-state index in [9.17, 15) is 9.59 Å². The second-order valence-corrected chi connectivity index (χ2v) is 8.38. The van der Waals surface area contributed by atoms with Crippen LogP contribution in [0.4, 0.5) is 0 Å². The Morgan fingerprint density at radius 2 is 2.04 bits per heavy atom. The molecule has 6 nitrogen and oxygen atoms in total. The third-order valence-electron chi connectivity index (χ3n) is 4.54. The molecule has 0 aliphatic heterocycles. The summed E-state index contributed by atoms with van der Waals surface area (Å²) in [7, 11) is 1.62. The molecule has 3 aromatic heterocycles. The van der Waals surface area contributed by atoms with Gasteiger partial charge in [-0.2, -0.15) is 5.10 Å². The van der Waals surface area contributed by atoms with Crippen LogP contribution in [-0.2, 0) is 7.05 Å². The first kappa shape index (κ1) is 19.4. The molecule has 3 rings (SSSR count). The number of carbonyl (C=O) groups is 1. The second-order valence-electron chi connectivity index (χ2n) is 6.40. The van der Waals surface area contributed by atoms with E-state index < -0.39 is 0 Å². The van der Waals surface area contributed by atoms with Gasteiger partial charge in [-0.1, -0.05) is 13.0 Å². The molecule has 0 saturated heterocycles. The third-order valence-corrected chi connectivity index (χ3v) is 6.70. The van der Waals surface area contributed by atoms with Crippen molar-refractivity contribution in [3.8, 4) is 10.6 Å². The highest BCUT2D eigenvalue weighted by molar-refractivity contribution is 7.17. The highest BCUT2D eigenvalue weighted by Gasteiger charge is 2.23. The molecule has 0 aromatic carbocycles. The molecule has 1 unspecified atom stereocenters. The van der Waals surface area contributed by atoms with Crippen LogP contribution in [-0.4, -0.2) is 20.7 Å². The first-order chi connectivity index (χ1) is 12.8. The van der Waals surface area contributed by atoms with Crippen LogP contribution in [0.2, 0.25) is 0 Å². The molecule has 0 radical (unpaired) electrons. The topological polar surface area (TPSA) is 76.9 Å². The number of thiophene rings is 1. The van der Waals surface area contributed by atoms with Crippen molar-refractivity contribution in [3.63, 3.8) is 0 Å². The summed E-state index contributed by atoms with van der Waals surface area (Å²) >= 11 is 2.88. The van der Waals surface area contributed by atoms with Gasteiger partial charge < -0.3 is 5.32 Å². The lowest BCUT2D eigenvalue weighted by Crippen LogP contribution is -2.27. The molecule has 1 amide bonds. The number of amides is 1. The summed E-state index contributed by atoms with van der Waals surface area (Å²) in [6.07, 6.45) is 0.806. The minimum Gasteiger partial charge on any atom is -0.344 e. The number of aryl methyl sites for hydroxylation is 3. The van der Waals surface area contributed by atoms with Gasteiger partial charge in [-0.25, -0.2) is 9.67 Å². The van der Waals surface area contributed by atoms with Crippen LogP contribution >= 0.6 is 22.7 Å². The third kappa shape index (κ3) is 3.72. The summed E-state index contributed by atoms with van der Waals surface area (Å²) in [5.41, 5.74) is 2.51. The summed E-state index contributed by atoms with van der Waals surface area (Å²) in [5.74, 6) is -0.156. The summed E-state index contributed by atoms with van der Waals surface area (Å²) < 4.78 is 1.32. The van der Waals surface area contributed by atoms with E-state index in [0.717, 1.165) is 22.6 Å². The molecule has 1 N–H and O–H groups in total. The van der Waals surface area contributed by atoms with Crippen LogP contribution < -0.4 is 10.9 Å². The molecule has 8 heteroatoms. The minimum absolute atomic E-state index is 0.0276. The van der Waals surface area contributed by atoms with Gasteiger partial charge in [0.25, 0.3) is 11.5 Å². The van der Waals surface area contributed by atoms with Crippen molar-refractivity contribution in [3.05, 3.63) is 54.6 Å². The summed E-state index contributed by atoms with van der Waals surface area (Å²) in [6, 6.07) is 3.98. The predicted octanol–water partition coefficient (Wildman–Crippen LogP) is 3.77. The van der Waals surface area contributed by atoms with E-state index in [1.165, 1.54) is 16.0 Å². The fraction of sp³-hybridized carbons (Fsp3) is 0.368. The Kier molecular flexibility index (Phi) is 5.57. The zero-order valence-electron chi connectivity index (χ0n) is 16.0. The van der Waals surface area contributed by atoms with Crippen molar-refractivity contribution >= 4 is 28.6 Å². The zero-order chi connectivity index (χ0) is 19.7. The van der Waals surface area contributed by atoms with Gasteiger partial charge in [0.05, 0.1) is 23.0 Å². The zero-order valence-corrected chi connectivity index (χ0v) is 17.6. The molecule has 3 heterocycles. The summed E-state index contributed by atoms with van der Waals surface area (Å²) in [6.45, 7) is 7.57. The molecule has 0 saturated carbocycles. The lowest BCUT2D eigenvalue weighted by atomic mass is 10.1. The van der Waals surface area contributed by atoms with E-state index in [-0.39, 0.29) is 17.5 Å². The van der Waals surface area contributed by atoms with Gasteiger partial charge in [0, 0.05) is 11.9 Å². The van der Waals surface area contributed by atoms with E-state index in [4.69, 9.17) is 0 Å². The number of hydrogen-bond donors (Lipinski definition) is 1. The molecule has 142 valence electrons. The Balaban J connectivity index is 1.96. The minimum atomic E-state index is -0.205. The van der Waals surface area contributed by atoms with Gasteiger partial charge in [0.15, 0.2) is 0 Å². The Hall–Kier alpha value is -2.32. The number of carbonyl (C=O) groups excluding carboxylic acids is 1. The van der Waals surface area contributed by atoms with E-state index in [0.29, 0.717) is 21.1 Å². The van der Waals surface area contributed by atoms with Gasteiger partial charge in [0.2, 0.25) is 0 Å². The average molecular weight is 403 g/mol. The molecule has 0 aliphatic carbocycles. The van der Waals surface area contributed by atoms with Crippen LogP contribution in [0.25, 0.3) is 10.6 Å². The smallest absolute Gasteiger partial charge is 0.277 e.